The van der Waals surface area contributed by atoms with Crippen LogP contribution in [-0.2, 0) is 18.4 Å². The summed E-state index contributed by atoms with van der Waals surface area (Å²) in [6, 6.07) is -0.755. The van der Waals surface area contributed by atoms with E-state index in [1.807, 2.05) is 21.1 Å². The van der Waals surface area contributed by atoms with Gasteiger partial charge in [0.15, 0.2) is 0 Å². The fourth-order valence-corrected chi connectivity index (χ4v) is 10.5. The maximum absolute atomic E-state index is 13.0. The topological polar surface area (TPSA) is 105 Å². The number of aliphatic hydroxyl groups excluding tert-OH is 1. The van der Waals surface area contributed by atoms with Gasteiger partial charge in [-0.2, -0.15) is 0 Å². The van der Waals surface area contributed by atoms with Crippen molar-refractivity contribution < 1.29 is 32.9 Å². The molecule has 0 aliphatic rings. The minimum Gasteiger partial charge on any atom is -0.391 e. The van der Waals surface area contributed by atoms with Crippen LogP contribution in [0.1, 0.15) is 328 Å². The van der Waals surface area contributed by atoms with Crippen molar-refractivity contribution in [1.29, 1.82) is 0 Å². The molecule has 0 aliphatic heterocycles. The van der Waals surface area contributed by atoms with E-state index in [1.54, 1.807) is 0 Å². The van der Waals surface area contributed by atoms with Crippen molar-refractivity contribution in [2.24, 2.45) is 0 Å². The van der Waals surface area contributed by atoms with Crippen molar-refractivity contribution in [2.75, 3.05) is 40.9 Å². The lowest BCUT2D eigenvalue weighted by atomic mass is 10.0. The number of nitrogens with one attached hydrogen (secondary N) is 1. The zero-order chi connectivity index (χ0) is 50.6. The number of rotatable bonds is 58. The first-order chi connectivity index (χ1) is 33.5. The van der Waals surface area contributed by atoms with E-state index in [0.29, 0.717) is 23.9 Å². The first-order valence-electron chi connectivity index (χ1n) is 30.9. The highest BCUT2D eigenvalue weighted by molar-refractivity contribution is 7.47. The summed E-state index contributed by atoms with van der Waals surface area (Å²) in [5.74, 6) is -0.135. The Hall–Kier alpha value is -0.500. The van der Waals surface area contributed by atoms with Crippen molar-refractivity contribution in [3.8, 4) is 0 Å². The lowest BCUT2D eigenvalue weighted by Gasteiger charge is -2.26. The second-order valence-electron chi connectivity index (χ2n) is 22.8. The Morgan fingerprint density at radius 3 is 0.971 bits per heavy atom. The monoisotopic (exact) mass is 1000 g/mol. The summed E-state index contributed by atoms with van der Waals surface area (Å²) in [7, 11) is 1.64. The van der Waals surface area contributed by atoms with Crippen LogP contribution < -0.4 is 5.32 Å². The SMILES string of the molecule is CCCCCCCCCCCCCCCCCCCCCCCCCCCCCCCCCC(=O)NC(COP(=O)(O)OCC[N+](C)(C)C)C(O)CCCCCCCCCCCCCCCCCC. The molecule has 0 radical (unpaired) electrons. The molecule has 0 bridgehead atoms. The molecule has 0 heterocycles. The van der Waals surface area contributed by atoms with E-state index in [-0.39, 0.29) is 19.1 Å². The quantitative estimate of drug-likeness (QED) is 0.0318. The number of hydrogen-bond donors (Lipinski definition) is 3. The van der Waals surface area contributed by atoms with Gasteiger partial charge in [0, 0.05) is 6.42 Å². The average molecular weight is 1000 g/mol. The van der Waals surface area contributed by atoms with Gasteiger partial charge in [0.25, 0.3) is 0 Å². The Morgan fingerprint density at radius 2 is 0.696 bits per heavy atom. The van der Waals surface area contributed by atoms with Crippen LogP contribution >= 0.6 is 7.82 Å². The zero-order valence-electron chi connectivity index (χ0n) is 47.3. The molecule has 0 fully saturated rings. The van der Waals surface area contributed by atoms with Gasteiger partial charge in [-0.25, -0.2) is 4.57 Å². The summed E-state index contributed by atoms with van der Waals surface area (Å²) in [5.41, 5.74) is 0. The molecule has 3 atom stereocenters. The summed E-state index contributed by atoms with van der Waals surface area (Å²) in [6.07, 6.45) is 63.2. The first kappa shape index (κ1) is 68.5. The summed E-state index contributed by atoms with van der Waals surface area (Å²) in [4.78, 5) is 23.3. The number of phosphoric ester groups is 1. The second-order valence-corrected chi connectivity index (χ2v) is 24.3. The smallest absolute Gasteiger partial charge is 0.391 e. The lowest BCUT2D eigenvalue weighted by Crippen LogP contribution is -2.46. The van der Waals surface area contributed by atoms with Crippen molar-refractivity contribution >= 4 is 13.7 Å². The van der Waals surface area contributed by atoms with Gasteiger partial charge in [-0.15, -0.1) is 0 Å². The van der Waals surface area contributed by atoms with E-state index in [2.05, 4.69) is 19.2 Å². The van der Waals surface area contributed by atoms with Crippen LogP contribution in [0.4, 0.5) is 0 Å². The Labute approximate surface area is 431 Å². The summed E-state index contributed by atoms with van der Waals surface area (Å²) in [6.45, 7) is 4.95. The highest BCUT2D eigenvalue weighted by Gasteiger charge is 2.28. The highest BCUT2D eigenvalue weighted by Crippen LogP contribution is 2.43. The van der Waals surface area contributed by atoms with Crippen molar-refractivity contribution in [2.45, 2.75) is 341 Å². The molecular formula is C60H124N2O6P+. The minimum absolute atomic E-state index is 0.0791. The van der Waals surface area contributed by atoms with Gasteiger partial charge in [-0.05, 0) is 12.8 Å². The molecule has 8 nitrogen and oxygen atoms in total. The number of nitrogens with zero attached hydrogens (tertiary/aromatic N) is 1. The fourth-order valence-electron chi connectivity index (χ4n) is 9.76. The van der Waals surface area contributed by atoms with Crippen LogP contribution in [0.25, 0.3) is 0 Å². The number of likely N-dealkylation sites (N-methyl/N-ethyl adjacent to an activating group) is 1. The Kier molecular flexibility index (Phi) is 52.0. The molecule has 3 N–H and O–H groups in total. The van der Waals surface area contributed by atoms with E-state index < -0.39 is 20.0 Å². The minimum atomic E-state index is -4.32. The van der Waals surface area contributed by atoms with Crippen LogP contribution in [0.15, 0.2) is 0 Å². The summed E-state index contributed by atoms with van der Waals surface area (Å²) in [5, 5.41) is 14.1. The third-order valence-corrected chi connectivity index (χ3v) is 15.6. The Balaban J connectivity index is 3.97. The number of carbonyl (C=O) groups is 1. The third-order valence-electron chi connectivity index (χ3n) is 14.6. The van der Waals surface area contributed by atoms with Gasteiger partial charge in [-0.3, -0.25) is 13.8 Å². The van der Waals surface area contributed by atoms with Gasteiger partial charge in [0.1, 0.15) is 13.2 Å². The van der Waals surface area contributed by atoms with E-state index in [4.69, 9.17) is 9.05 Å². The fraction of sp³-hybridized carbons (Fsp3) is 0.983. The van der Waals surface area contributed by atoms with Gasteiger partial charge in [-0.1, -0.05) is 309 Å². The molecule has 0 rings (SSSR count). The predicted octanol–water partition coefficient (Wildman–Crippen LogP) is 18.8. The first-order valence-corrected chi connectivity index (χ1v) is 32.4. The number of carbonyl (C=O) groups excluding carboxylic acids is 1. The third kappa shape index (κ3) is 55.1. The predicted molar refractivity (Wildman–Crippen MR) is 300 cm³/mol. The number of aliphatic hydroxyl groups is 1. The number of unbranched alkanes of at least 4 members (excludes halogenated alkanes) is 45. The maximum Gasteiger partial charge on any atom is 0.472 e. The standard InChI is InChI=1S/C60H123N2O6P/c1-6-8-10-12-14-16-18-20-22-24-25-26-27-28-29-30-31-32-33-34-35-36-37-38-40-42-44-46-48-50-52-54-60(64)61-58(57-68-69(65,66)67-56-55-62(3,4)5)59(63)53-51-49-47-45-43-41-39-23-21-19-17-15-13-11-9-7-2/h58-59,63H,6-57H2,1-5H3,(H-,61,64,65,66)/p+1. The largest absolute Gasteiger partial charge is 0.472 e. The van der Waals surface area contributed by atoms with Gasteiger partial charge >= 0.3 is 7.82 Å². The summed E-state index contributed by atoms with van der Waals surface area (Å²) >= 11 is 0. The molecule has 3 unspecified atom stereocenters. The van der Waals surface area contributed by atoms with Crippen LogP contribution in [0.3, 0.4) is 0 Å². The molecule has 0 saturated heterocycles. The van der Waals surface area contributed by atoms with Gasteiger partial charge in [0.05, 0.1) is 39.9 Å². The van der Waals surface area contributed by atoms with Crippen molar-refractivity contribution in [1.82, 2.24) is 5.32 Å². The van der Waals surface area contributed by atoms with E-state index >= 15 is 0 Å². The van der Waals surface area contributed by atoms with Gasteiger partial charge in [0.2, 0.25) is 5.91 Å². The molecule has 0 aromatic rings. The Bertz CT molecular complexity index is 1090. The normalized spacial score (nSPS) is 13.8. The van der Waals surface area contributed by atoms with Gasteiger partial charge < -0.3 is 19.8 Å². The molecule has 9 heteroatoms. The Morgan fingerprint density at radius 1 is 0.435 bits per heavy atom. The molecule has 0 saturated carbocycles. The molecule has 0 spiro atoms. The molecule has 414 valence electrons. The van der Waals surface area contributed by atoms with Crippen molar-refractivity contribution in [3.05, 3.63) is 0 Å². The van der Waals surface area contributed by atoms with Crippen LogP contribution in [0.2, 0.25) is 0 Å². The molecular weight excluding hydrogens is 876 g/mol. The number of quaternary nitrogens is 1. The van der Waals surface area contributed by atoms with Crippen LogP contribution in [-0.4, -0.2) is 73.4 Å². The molecule has 1 amide bonds. The maximum atomic E-state index is 13.0. The second kappa shape index (κ2) is 52.4. The zero-order valence-corrected chi connectivity index (χ0v) is 48.2. The van der Waals surface area contributed by atoms with Crippen molar-refractivity contribution in [3.63, 3.8) is 0 Å². The average Bonchev–Trinajstić information content (AvgIpc) is 3.31. The molecule has 0 aromatic carbocycles. The molecule has 0 aliphatic carbocycles. The number of amides is 1. The molecule has 0 aromatic heterocycles. The van der Waals surface area contributed by atoms with Crippen LogP contribution in [0, 0.1) is 0 Å². The van der Waals surface area contributed by atoms with E-state index in [1.165, 1.54) is 263 Å². The molecule has 69 heavy (non-hydrogen) atoms. The number of hydrogen-bond acceptors (Lipinski definition) is 5. The number of phosphoric acid groups is 1. The summed E-state index contributed by atoms with van der Waals surface area (Å²) < 4.78 is 23.8. The van der Waals surface area contributed by atoms with E-state index in [0.717, 1.165) is 38.5 Å². The van der Waals surface area contributed by atoms with E-state index in [9.17, 15) is 19.4 Å². The highest BCUT2D eigenvalue weighted by atomic mass is 31.2. The lowest BCUT2D eigenvalue weighted by molar-refractivity contribution is -0.870. The van der Waals surface area contributed by atoms with Crippen LogP contribution in [0.5, 0.6) is 0 Å².